The Morgan fingerprint density at radius 2 is 1.86 bits per heavy atom. The lowest BCUT2D eigenvalue weighted by Gasteiger charge is -2.17. The van der Waals surface area contributed by atoms with Gasteiger partial charge in [0.05, 0.1) is 11.8 Å². The number of rotatable bonds is 3. The van der Waals surface area contributed by atoms with Gasteiger partial charge in [0.2, 0.25) is 17.7 Å². The van der Waals surface area contributed by atoms with Crippen LogP contribution in [0, 0.1) is 11.8 Å². The molecule has 2 atom stereocenters. The number of amides is 3. The van der Waals surface area contributed by atoms with Crippen molar-refractivity contribution >= 4 is 35.0 Å². The Labute approximate surface area is 132 Å². The zero-order valence-corrected chi connectivity index (χ0v) is 12.5. The summed E-state index contributed by atoms with van der Waals surface area (Å²) in [5.74, 6) is -1.76. The number of carbonyl (C=O) groups is 3. The van der Waals surface area contributed by atoms with Gasteiger partial charge >= 0.3 is 0 Å². The van der Waals surface area contributed by atoms with E-state index in [-0.39, 0.29) is 30.2 Å². The highest BCUT2D eigenvalue weighted by Gasteiger charge is 2.48. The molecule has 1 saturated heterocycles. The molecule has 1 aliphatic carbocycles. The molecule has 6 heteroatoms. The van der Waals surface area contributed by atoms with E-state index in [2.05, 4.69) is 5.32 Å². The first-order valence-electron chi connectivity index (χ1n) is 7.11. The average Bonchev–Trinajstić information content (AvgIpc) is 2.73. The van der Waals surface area contributed by atoms with Crippen molar-refractivity contribution in [2.75, 3.05) is 11.9 Å². The molecule has 5 nitrogen and oxygen atoms in total. The number of nitrogens with one attached hydrogen (secondary N) is 1. The third-order valence-corrected chi connectivity index (χ3v) is 4.33. The van der Waals surface area contributed by atoms with Crippen molar-refractivity contribution < 1.29 is 14.4 Å². The Morgan fingerprint density at radius 1 is 1.18 bits per heavy atom. The number of imide groups is 1. The van der Waals surface area contributed by atoms with Crippen LogP contribution < -0.4 is 5.32 Å². The first kappa shape index (κ1) is 14.8. The van der Waals surface area contributed by atoms with Crippen molar-refractivity contribution in [3.8, 4) is 0 Å². The maximum atomic E-state index is 12.3. The number of benzene rings is 1. The van der Waals surface area contributed by atoms with Crippen LogP contribution in [0.25, 0.3) is 0 Å². The summed E-state index contributed by atoms with van der Waals surface area (Å²) in [6, 6.07) is 8.92. The number of fused-ring (bicyclic) bond motifs is 1. The van der Waals surface area contributed by atoms with Crippen LogP contribution in [-0.4, -0.2) is 29.2 Å². The summed E-state index contributed by atoms with van der Waals surface area (Å²) in [5.41, 5.74) is 0.633. The van der Waals surface area contributed by atoms with Gasteiger partial charge in [0.15, 0.2) is 0 Å². The molecule has 3 amide bonds. The van der Waals surface area contributed by atoms with Gasteiger partial charge in [0, 0.05) is 10.7 Å². The van der Waals surface area contributed by atoms with Crippen LogP contribution in [0.3, 0.4) is 0 Å². The summed E-state index contributed by atoms with van der Waals surface area (Å²) in [4.78, 5) is 37.7. The first-order valence-corrected chi connectivity index (χ1v) is 7.48. The minimum Gasteiger partial charge on any atom is -0.325 e. The zero-order valence-electron chi connectivity index (χ0n) is 11.8. The molecule has 0 saturated carbocycles. The summed E-state index contributed by atoms with van der Waals surface area (Å²) in [7, 11) is 0. The number of para-hydroxylation sites is 1. The Kier molecular flexibility index (Phi) is 3.98. The number of hydrogen-bond acceptors (Lipinski definition) is 3. The third-order valence-electron chi connectivity index (χ3n) is 4.02. The number of anilines is 1. The van der Waals surface area contributed by atoms with Crippen LogP contribution in [0.5, 0.6) is 0 Å². The summed E-state index contributed by atoms with van der Waals surface area (Å²) in [5, 5.41) is 3.29. The first-order chi connectivity index (χ1) is 10.6. The smallest absolute Gasteiger partial charge is 0.244 e. The summed E-state index contributed by atoms with van der Waals surface area (Å²) >= 11 is 5.96. The monoisotopic (exact) mass is 318 g/mol. The van der Waals surface area contributed by atoms with E-state index in [9.17, 15) is 14.4 Å². The van der Waals surface area contributed by atoms with E-state index in [0.29, 0.717) is 23.6 Å². The van der Waals surface area contributed by atoms with Crippen LogP contribution in [0.2, 0.25) is 0 Å². The molecule has 1 aliphatic heterocycles. The van der Waals surface area contributed by atoms with Gasteiger partial charge in [-0.25, -0.2) is 0 Å². The van der Waals surface area contributed by atoms with Gasteiger partial charge in [-0.3, -0.25) is 19.3 Å². The quantitative estimate of drug-likeness (QED) is 0.868. The molecular formula is C16H15ClN2O3. The molecule has 0 aromatic heterocycles. The molecule has 1 N–H and O–H groups in total. The van der Waals surface area contributed by atoms with Gasteiger partial charge in [-0.15, -0.1) is 0 Å². The summed E-state index contributed by atoms with van der Waals surface area (Å²) in [6.07, 6.45) is 2.62. The molecule has 1 heterocycles. The van der Waals surface area contributed by atoms with Crippen molar-refractivity contribution in [3.05, 3.63) is 41.4 Å². The number of halogens is 1. The number of likely N-dealkylation sites (tertiary alicyclic amines) is 1. The number of carbonyl (C=O) groups excluding carboxylic acids is 3. The highest BCUT2D eigenvalue weighted by Crippen LogP contribution is 2.38. The standard InChI is InChI=1S/C16H15ClN2O3/c17-10-6-7-12-13(8-10)16(22)19(15(12)21)9-14(20)18-11-4-2-1-3-5-11/h1-6,12-13H,7-9H2,(H,18,20)/t12-,13-/m1/s1. The molecule has 1 aromatic carbocycles. The molecule has 2 aliphatic rings. The Morgan fingerprint density at radius 3 is 2.59 bits per heavy atom. The van der Waals surface area contributed by atoms with Gasteiger partial charge in [0.1, 0.15) is 6.54 Å². The molecule has 22 heavy (non-hydrogen) atoms. The second kappa shape index (κ2) is 5.93. The SMILES string of the molecule is O=C(CN1C(=O)[C@@H]2CC=C(Cl)C[C@H]2C1=O)Nc1ccccc1. The molecule has 1 fully saturated rings. The Bertz CT molecular complexity index is 657. The van der Waals surface area contributed by atoms with Gasteiger partial charge < -0.3 is 5.32 Å². The van der Waals surface area contributed by atoms with Gasteiger partial charge in [-0.2, -0.15) is 0 Å². The van der Waals surface area contributed by atoms with Crippen molar-refractivity contribution in [1.82, 2.24) is 4.90 Å². The van der Waals surface area contributed by atoms with Gasteiger partial charge in [-0.05, 0) is 25.0 Å². The topological polar surface area (TPSA) is 66.5 Å². The van der Waals surface area contributed by atoms with E-state index in [1.807, 2.05) is 6.07 Å². The molecule has 3 rings (SSSR count). The van der Waals surface area contributed by atoms with E-state index >= 15 is 0 Å². The highest BCUT2D eigenvalue weighted by atomic mass is 35.5. The Hall–Kier alpha value is -2.14. The largest absolute Gasteiger partial charge is 0.325 e. The third kappa shape index (κ3) is 2.76. The zero-order chi connectivity index (χ0) is 15.7. The van der Waals surface area contributed by atoms with Crippen LogP contribution in [0.15, 0.2) is 41.4 Å². The van der Waals surface area contributed by atoms with Crippen LogP contribution in [0.4, 0.5) is 5.69 Å². The number of allylic oxidation sites excluding steroid dienone is 2. The van der Waals surface area contributed by atoms with E-state index in [0.717, 1.165) is 4.90 Å². The van der Waals surface area contributed by atoms with E-state index < -0.39 is 5.92 Å². The predicted molar refractivity (Wildman–Crippen MR) is 81.9 cm³/mol. The van der Waals surface area contributed by atoms with E-state index in [1.54, 1.807) is 30.3 Å². The molecule has 0 radical (unpaired) electrons. The van der Waals surface area contributed by atoms with Gasteiger partial charge in [0.25, 0.3) is 0 Å². The van der Waals surface area contributed by atoms with Crippen molar-refractivity contribution in [2.24, 2.45) is 11.8 Å². The predicted octanol–water partition coefficient (Wildman–Crippen LogP) is 2.14. The second-order valence-electron chi connectivity index (χ2n) is 5.48. The minimum absolute atomic E-state index is 0.253. The van der Waals surface area contributed by atoms with Crippen LogP contribution in [-0.2, 0) is 14.4 Å². The lowest BCUT2D eigenvalue weighted by atomic mass is 9.85. The fourth-order valence-electron chi connectivity index (χ4n) is 2.92. The Balaban J connectivity index is 1.67. The summed E-state index contributed by atoms with van der Waals surface area (Å²) < 4.78 is 0. The molecule has 0 bridgehead atoms. The van der Waals surface area contributed by atoms with Crippen LogP contribution >= 0.6 is 11.6 Å². The van der Waals surface area contributed by atoms with Crippen molar-refractivity contribution in [3.63, 3.8) is 0 Å². The normalized spacial score (nSPS) is 24.0. The molecular weight excluding hydrogens is 304 g/mol. The molecule has 1 aromatic rings. The van der Waals surface area contributed by atoms with E-state index in [4.69, 9.17) is 11.6 Å². The number of hydrogen-bond donors (Lipinski definition) is 1. The van der Waals surface area contributed by atoms with Crippen molar-refractivity contribution in [2.45, 2.75) is 12.8 Å². The van der Waals surface area contributed by atoms with Gasteiger partial charge in [-0.1, -0.05) is 35.9 Å². The highest BCUT2D eigenvalue weighted by molar-refractivity contribution is 6.30. The van der Waals surface area contributed by atoms with Crippen molar-refractivity contribution in [1.29, 1.82) is 0 Å². The fraction of sp³-hybridized carbons (Fsp3) is 0.312. The van der Waals surface area contributed by atoms with E-state index in [1.165, 1.54) is 0 Å². The maximum Gasteiger partial charge on any atom is 0.244 e. The minimum atomic E-state index is -0.422. The maximum absolute atomic E-state index is 12.3. The second-order valence-corrected chi connectivity index (χ2v) is 5.97. The molecule has 0 spiro atoms. The average molecular weight is 319 g/mol. The molecule has 0 unspecified atom stereocenters. The lowest BCUT2D eigenvalue weighted by Crippen LogP contribution is -2.38. The lowest BCUT2D eigenvalue weighted by molar-refractivity contribution is -0.142. The number of nitrogens with zero attached hydrogens (tertiary/aromatic N) is 1. The van der Waals surface area contributed by atoms with Crippen LogP contribution in [0.1, 0.15) is 12.8 Å². The summed E-state index contributed by atoms with van der Waals surface area (Å²) in [6.45, 7) is -0.253. The molecule has 114 valence electrons. The fourth-order valence-corrected chi connectivity index (χ4v) is 3.17.